The van der Waals surface area contributed by atoms with E-state index < -0.39 is 17.7 Å². The fraction of sp³-hybridized carbons (Fsp3) is 0.160. The lowest BCUT2D eigenvalue weighted by Crippen LogP contribution is -2.30. The van der Waals surface area contributed by atoms with Crippen LogP contribution in [-0.2, 0) is 9.59 Å². The summed E-state index contributed by atoms with van der Waals surface area (Å²) in [4.78, 5) is 31.6. The zero-order chi connectivity index (χ0) is 22.0. The fourth-order valence-electron chi connectivity index (χ4n) is 3.63. The van der Waals surface area contributed by atoms with E-state index in [1.807, 2.05) is 44.2 Å². The number of aliphatic hydroxyl groups excluding tert-OH is 1. The molecule has 0 aliphatic carbocycles. The summed E-state index contributed by atoms with van der Waals surface area (Å²) in [6.45, 7) is 3.85. The molecule has 1 aliphatic heterocycles. The molecule has 0 unspecified atom stereocenters. The number of Topliss-reactive ketones (excluding diaryl/α,β-unsaturated/α-hetero) is 1. The number of carbonyl (C=O) groups excluding carboxylic acids is 2. The predicted octanol–water partition coefficient (Wildman–Crippen LogP) is 4.50. The highest BCUT2D eigenvalue weighted by Gasteiger charge is 2.47. The smallest absolute Gasteiger partial charge is 0.301 e. The number of aromatic nitrogens is 1. The van der Waals surface area contributed by atoms with Crippen LogP contribution in [0, 0.1) is 0 Å². The molecule has 156 valence electrons. The minimum absolute atomic E-state index is 0.0150. The van der Waals surface area contributed by atoms with Gasteiger partial charge in [0.2, 0.25) is 0 Å². The summed E-state index contributed by atoms with van der Waals surface area (Å²) >= 11 is 0. The Hall–Kier alpha value is -3.93. The Bertz CT molecular complexity index is 1120. The second-order valence-electron chi connectivity index (χ2n) is 7.46. The van der Waals surface area contributed by atoms with Crippen molar-refractivity contribution < 1.29 is 19.4 Å². The first kappa shape index (κ1) is 20.3. The molecular formula is C25H22N2O4. The second kappa shape index (κ2) is 8.44. The number of ether oxygens (including phenoxy) is 1. The minimum atomic E-state index is -0.789. The molecule has 6 heteroatoms. The first-order valence-electron chi connectivity index (χ1n) is 10.0. The average molecular weight is 414 g/mol. The van der Waals surface area contributed by atoms with E-state index in [0.717, 1.165) is 0 Å². The number of amides is 1. The Morgan fingerprint density at radius 3 is 2.26 bits per heavy atom. The van der Waals surface area contributed by atoms with Crippen LogP contribution in [0.5, 0.6) is 5.75 Å². The molecule has 3 aromatic rings. The van der Waals surface area contributed by atoms with Gasteiger partial charge in [0.25, 0.3) is 5.78 Å². The van der Waals surface area contributed by atoms with Gasteiger partial charge < -0.3 is 9.84 Å². The highest BCUT2D eigenvalue weighted by molar-refractivity contribution is 6.51. The first-order chi connectivity index (χ1) is 15.0. The molecule has 1 amide bonds. The van der Waals surface area contributed by atoms with Crippen LogP contribution in [-0.4, -0.2) is 27.9 Å². The van der Waals surface area contributed by atoms with Crippen molar-refractivity contribution >= 4 is 23.3 Å². The molecular weight excluding hydrogens is 392 g/mol. The molecule has 1 aliphatic rings. The molecule has 31 heavy (non-hydrogen) atoms. The maximum atomic E-state index is 13.0. The van der Waals surface area contributed by atoms with Crippen LogP contribution in [0.1, 0.15) is 31.0 Å². The maximum absolute atomic E-state index is 13.0. The van der Waals surface area contributed by atoms with Gasteiger partial charge in [0, 0.05) is 11.8 Å². The van der Waals surface area contributed by atoms with Crippen LogP contribution in [0.2, 0.25) is 0 Å². The van der Waals surface area contributed by atoms with Crippen LogP contribution < -0.4 is 9.64 Å². The lowest BCUT2D eigenvalue weighted by Gasteiger charge is -2.24. The predicted molar refractivity (Wildman–Crippen MR) is 118 cm³/mol. The van der Waals surface area contributed by atoms with Gasteiger partial charge in [-0.3, -0.25) is 14.5 Å². The third-order valence-electron chi connectivity index (χ3n) is 4.96. The van der Waals surface area contributed by atoms with E-state index >= 15 is 0 Å². The van der Waals surface area contributed by atoms with E-state index in [-0.39, 0.29) is 17.4 Å². The standard InChI is InChI=1S/C25H22N2O4/c1-16(2)31-19-13-11-18(12-14-19)23(28)21-22(17-8-4-3-5-9-17)27(25(30)24(21)29)20-10-6-7-15-26-20/h3-16,22,28H,1-2H3/b23-21+/t22-/m0/s1. The van der Waals surface area contributed by atoms with Crippen molar-refractivity contribution in [1.29, 1.82) is 0 Å². The number of pyridine rings is 1. The summed E-state index contributed by atoms with van der Waals surface area (Å²) in [5, 5.41) is 11.1. The SMILES string of the molecule is CC(C)Oc1ccc(/C(O)=C2\C(=O)C(=O)N(c3ccccn3)[C@H]2c2ccccc2)cc1. The van der Waals surface area contributed by atoms with Gasteiger partial charge in [-0.2, -0.15) is 0 Å². The van der Waals surface area contributed by atoms with Crippen LogP contribution in [0.4, 0.5) is 5.82 Å². The van der Waals surface area contributed by atoms with Crippen molar-refractivity contribution in [3.63, 3.8) is 0 Å². The van der Waals surface area contributed by atoms with Gasteiger partial charge in [-0.25, -0.2) is 4.98 Å². The summed E-state index contributed by atoms with van der Waals surface area (Å²) in [5.41, 5.74) is 1.16. The van der Waals surface area contributed by atoms with Gasteiger partial charge in [-0.1, -0.05) is 36.4 Å². The summed E-state index contributed by atoms with van der Waals surface area (Å²) in [6, 6.07) is 20.3. The highest BCUT2D eigenvalue weighted by atomic mass is 16.5. The second-order valence-corrected chi connectivity index (χ2v) is 7.46. The number of aliphatic hydroxyl groups is 1. The lowest BCUT2D eigenvalue weighted by molar-refractivity contribution is -0.132. The maximum Gasteiger partial charge on any atom is 0.301 e. The normalized spacial score (nSPS) is 17.9. The number of hydrogen-bond donors (Lipinski definition) is 1. The third-order valence-corrected chi connectivity index (χ3v) is 4.96. The number of nitrogens with zero attached hydrogens (tertiary/aromatic N) is 2. The molecule has 0 spiro atoms. The number of rotatable bonds is 5. The number of carbonyl (C=O) groups is 2. The van der Waals surface area contributed by atoms with Gasteiger partial charge in [0.1, 0.15) is 17.3 Å². The summed E-state index contributed by atoms with van der Waals surface area (Å²) in [7, 11) is 0. The zero-order valence-corrected chi connectivity index (χ0v) is 17.2. The fourth-order valence-corrected chi connectivity index (χ4v) is 3.63. The molecule has 1 fully saturated rings. The van der Waals surface area contributed by atoms with Crippen molar-refractivity contribution in [3.05, 3.63) is 95.7 Å². The van der Waals surface area contributed by atoms with Gasteiger partial charge in [-0.15, -0.1) is 0 Å². The molecule has 4 rings (SSSR count). The minimum Gasteiger partial charge on any atom is -0.507 e. The van der Waals surface area contributed by atoms with Crippen molar-refractivity contribution in [2.45, 2.75) is 26.0 Å². The highest BCUT2D eigenvalue weighted by Crippen LogP contribution is 2.41. The average Bonchev–Trinajstić information content (AvgIpc) is 3.05. The van der Waals surface area contributed by atoms with Crippen LogP contribution in [0.15, 0.2) is 84.6 Å². The van der Waals surface area contributed by atoms with E-state index in [0.29, 0.717) is 22.7 Å². The van der Waals surface area contributed by atoms with Gasteiger partial charge in [-0.05, 0) is 55.8 Å². The molecule has 1 atom stereocenters. The van der Waals surface area contributed by atoms with Crippen molar-refractivity contribution in [2.75, 3.05) is 4.90 Å². The van der Waals surface area contributed by atoms with Gasteiger partial charge >= 0.3 is 5.91 Å². The number of ketones is 1. The van der Waals surface area contributed by atoms with Gasteiger partial charge in [0.15, 0.2) is 0 Å². The lowest BCUT2D eigenvalue weighted by atomic mass is 9.95. The van der Waals surface area contributed by atoms with E-state index in [2.05, 4.69) is 4.98 Å². The van der Waals surface area contributed by atoms with E-state index in [4.69, 9.17) is 4.74 Å². The number of hydrogen-bond acceptors (Lipinski definition) is 5. The molecule has 0 saturated carbocycles. The van der Waals surface area contributed by atoms with Crippen molar-refractivity contribution in [3.8, 4) is 5.75 Å². The summed E-state index contributed by atoms with van der Waals surface area (Å²) in [5.74, 6) is -0.714. The Labute approximate surface area is 180 Å². The molecule has 6 nitrogen and oxygen atoms in total. The third kappa shape index (κ3) is 3.92. The molecule has 1 saturated heterocycles. The van der Waals surface area contributed by atoms with Crippen molar-refractivity contribution in [1.82, 2.24) is 4.98 Å². The van der Waals surface area contributed by atoms with E-state index in [1.54, 1.807) is 48.7 Å². The first-order valence-corrected chi connectivity index (χ1v) is 10.0. The Morgan fingerprint density at radius 1 is 0.968 bits per heavy atom. The van der Waals surface area contributed by atoms with Crippen LogP contribution in [0.25, 0.3) is 5.76 Å². The Balaban J connectivity index is 1.84. The van der Waals surface area contributed by atoms with Crippen LogP contribution >= 0.6 is 0 Å². The quantitative estimate of drug-likeness (QED) is 0.378. The Kier molecular flexibility index (Phi) is 5.54. The molecule has 2 heterocycles. The number of anilines is 1. The molecule has 0 bridgehead atoms. The molecule has 1 aromatic heterocycles. The zero-order valence-electron chi connectivity index (χ0n) is 17.2. The largest absolute Gasteiger partial charge is 0.507 e. The summed E-state index contributed by atoms with van der Waals surface area (Å²) in [6.07, 6.45) is 1.57. The van der Waals surface area contributed by atoms with E-state index in [9.17, 15) is 14.7 Å². The van der Waals surface area contributed by atoms with E-state index in [1.165, 1.54) is 4.90 Å². The van der Waals surface area contributed by atoms with Crippen molar-refractivity contribution in [2.24, 2.45) is 0 Å². The molecule has 0 radical (unpaired) electrons. The molecule has 2 aromatic carbocycles. The van der Waals surface area contributed by atoms with Gasteiger partial charge in [0.05, 0.1) is 17.7 Å². The topological polar surface area (TPSA) is 79.7 Å². The Morgan fingerprint density at radius 2 is 1.65 bits per heavy atom. The van der Waals surface area contributed by atoms with Crippen LogP contribution in [0.3, 0.4) is 0 Å². The summed E-state index contributed by atoms with van der Waals surface area (Å²) < 4.78 is 5.64. The monoisotopic (exact) mass is 414 g/mol. The molecule has 1 N–H and O–H groups in total. The number of benzene rings is 2.